The first kappa shape index (κ1) is 12.9. The van der Waals surface area contributed by atoms with Crippen molar-refractivity contribution in [2.75, 3.05) is 19.8 Å². The fourth-order valence-corrected chi connectivity index (χ4v) is 2.07. The summed E-state index contributed by atoms with van der Waals surface area (Å²) < 4.78 is 35.9. The molecule has 90 valence electrons. The third kappa shape index (κ3) is 2.70. The molecular formula is C10H14FNO3S. The number of rotatable bonds is 4. The minimum Gasteiger partial charge on any atom is -0.505 e. The van der Waals surface area contributed by atoms with Crippen LogP contribution in [0.1, 0.15) is 5.56 Å². The number of hydrogen-bond acceptors (Lipinski definition) is 4. The van der Waals surface area contributed by atoms with Crippen molar-refractivity contribution in [3.05, 3.63) is 23.5 Å². The van der Waals surface area contributed by atoms with Crippen LogP contribution >= 0.6 is 0 Å². The Hall–Kier alpha value is -1.14. The number of nitrogens with one attached hydrogen (secondary N) is 1. The second-order valence-electron chi connectivity index (χ2n) is 3.51. The van der Waals surface area contributed by atoms with E-state index in [-0.39, 0.29) is 0 Å². The maximum Gasteiger partial charge on any atom is 0.183 e. The van der Waals surface area contributed by atoms with Crippen LogP contribution in [0.2, 0.25) is 0 Å². The topological polar surface area (TPSA) is 66.4 Å². The van der Waals surface area contributed by atoms with E-state index in [9.17, 15) is 17.9 Å². The zero-order valence-corrected chi connectivity index (χ0v) is 9.94. The number of aromatic hydroxyl groups is 1. The van der Waals surface area contributed by atoms with E-state index in [1.807, 2.05) is 0 Å². The normalized spacial score (nSPS) is 11.7. The van der Waals surface area contributed by atoms with E-state index in [2.05, 4.69) is 5.32 Å². The van der Waals surface area contributed by atoms with Crippen molar-refractivity contribution in [3.8, 4) is 5.75 Å². The van der Waals surface area contributed by atoms with E-state index >= 15 is 0 Å². The summed E-state index contributed by atoms with van der Waals surface area (Å²) in [6, 6.07) is 2.60. The fraction of sp³-hybridized carbons (Fsp3) is 0.400. The molecule has 0 aromatic heterocycles. The number of phenolic OH excluding ortho intramolecular Hbond substituents is 1. The van der Waals surface area contributed by atoms with Crippen molar-refractivity contribution in [2.45, 2.75) is 11.3 Å². The fourth-order valence-electron chi connectivity index (χ4n) is 1.33. The molecule has 0 unspecified atom stereocenters. The Kier molecular flexibility index (Phi) is 3.88. The summed E-state index contributed by atoms with van der Waals surface area (Å²) in [5.41, 5.74) is 0.388. The Bertz CT molecular complexity index is 485. The molecule has 0 spiro atoms. The lowest BCUT2D eigenvalue weighted by Gasteiger charge is -2.08. The number of likely N-dealkylation sites (N-methyl/N-ethyl adjacent to an activating group) is 1. The zero-order chi connectivity index (χ0) is 12.3. The van der Waals surface area contributed by atoms with E-state index in [0.717, 1.165) is 6.26 Å². The smallest absolute Gasteiger partial charge is 0.183 e. The van der Waals surface area contributed by atoms with Gasteiger partial charge in [0.25, 0.3) is 0 Å². The van der Waals surface area contributed by atoms with Crippen molar-refractivity contribution < 1.29 is 17.9 Å². The third-order valence-electron chi connectivity index (χ3n) is 2.21. The monoisotopic (exact) mass is 247 g/mol. The van der Waals surface area contributed by atoms with Crippen LogP contribution in [0.25, 0.3) is 0 Å². The van der Waals surface area contributed by atoms with E-state index in [0.29, 0.717) is 18.5 Å². The van der Waals surface area contributed by atoms with Gasteiger partial charge in [-0.2, -0.15) is 0 Å². The molecule has 1 aromatic carbocycles. The molecule has 0 atom stereocenters. The molecule has 0 bridgehead atoms. The van der Waals surface area contributed by atoms with Gasteiger partial charge in [-0.3, -0.25) is 0 Å². The number of benzene rings is 1. The summed E-state index contributed by atoms with van der Waals surface area (Å²) in [6.07, 6.45) is 1.33. The number of phenols is 1. The molecule has 16 heavy (non-hydrogen) atoms. The van der Waals surface area contributed by atoms with Crippen LogP contribution < -0.4 is 5.32 Å². The molecule has 2 N–H and O–H groups in total. The highest BCUT2D eigenvalue weighted by Crippen LogP contribution is 2.27. The highest BCUT2D eigenvalue weighted by Gasteiger charge is 2.19. The first-order valence-corrected chi connectivity index (χ1v) is 6.62. The van der Waals surface area contributed by atoms with Gasteiger partial charge >= 0.3 is 0 Å². The Morgan fingerprint density at radius 3 is 2.56 bits per heavy atom. The van der Waals surface area contributed by atoms with E-state index < -0.39 is 26.3 Å². The molecule has 0 saturated heterocycles. The standard InChI is InChI=1S/C10H14FNO3S/c1-12-6-5-7-3-4-8(16(2,14)15)9(11)10(7)13/h3-4,12-13H,5-6H2,1-2H3. The second-order valence-corrected chi connectivity index (χ2v) is 5.50. The van der Waals surface area contributed by atoms with Crippen LogP contribution in [-0.2, 0) is 16.3 Å². The Morgan fingerprint density at radius 1 is 1.44 bits per heavy atom. The quantitative estimate of drug-likeness (QED) is 0.822. The molecule has 0 fully saturated rings. The zero-order valence-electron chi connectivity index (χ0n) is 9.12. The molecule has 0 radical (unpaired) electrons. The maximum absolute atomic E-state index is 13.5. The Balaban J connectivity index is 3.19. The molecule has 0 aliphatic heterocycles. The van der Waals surface area contributed by atoms with Gasteiger partial charge in [0.15, 0.2) is 21.4 Å². The lowest BCUT2D eigenvalue weighted by molar-refractivity contribution is 0.416. The summed E-state index contributed by atoms with van der Waals surface area (Å²) in [4.78, 5) is -0.474. The van der Waals surface area contributed by atoms with Crippen LogP contribution in [0.4, 0.5) is 4.39 Å². The third-order valence-corrected chi connectivity index (χ3v) is 3.32. The highest BCUT2D eigenvalue weighted by atomic mass is 32.2. The van der Waals surface area contributed by atoms with Gasteiger partial charge in [-0.25, -0.2) is 12.8 Å². The molecule has 0 heterocycles. The number of hydrogen-bond donors (Lipinski definition) is 2. The van der Waals surface area contributed by atoms with Crippen LogP contribution in [0.5, 0.6) is 5.75 Å². The van der Waals surface area contributed by atoms with Crippen LogP contribution in [0.15, 0.2) is 17.0 Å². The van der Waals surface area contributed by atoms with Gasteiger partial charge in [0, 0.05) is 6.26 Å². The molecule has 0 saturated carbocycles. The minimum atomic E-state index is -3.64. The van der Waals surface area contributed by atoms with Gasteiger partial charge in [0.05, 0.1) is 0 Å². The van der Waals surface area contributed by atoms with Gasteiger partial charge in [-0.05, 0) is 31.6 Å². The molecule has 1 rings (SSSR count). The molecule has 0 aliphatic carbocycles. The summed E-state index contributed by atoms with van der Waals surface area (Å²) in [7, 11) is -1.91. The molecule has 1 aromatic rings. The van der Waals surface area contributed by atoms with E-state index in [4.69, 9.17) is 0 Å². The van der Waals surface area contributed by atoms with Gasteiger partial charge in [-0.15, -0.1) is 0 Å². The summed E-state index contributed by atoms with van der Waals surface area (Å²) in [5.74, 6) is -1.66. The van der Waals surface area contributed by atoms with Gasteiger partial charge in [0.2, 0.25) is 0 Å². The average molecular weight is 247 g/mol. The number of sulfone groups is 1. The van der Waals surface area contributed by atoms with E-state index in [1.165, 1.54) is 12.1 Å². The van der Waals surface area contributed by atoms with E-state index in [1.54, 1.807) is 7.05 Å². The van der Waals surface area contributed by atoms with Crippen molar-refractivity contribution in [1.29, 1.82) is 0 Å². The summed E-state index contributed by atoms with van der Waals surface area (Å²) >= 11 is 0. The van der Waals surface area contributed by atoms with Crippen LogP contribution in [0.3, 0.4) is 0 Å². The second kappa shape index (κ2) is 4.80. The van der Waals surface area contributed by atoms with Crippen molar-refractivity contribution in [3.63, 3.8) is 0 Å². The molecular weight excluding hydrogens is 233 g/mol. The molecule has 0 amide bonds. The van der Waals surface area contributed by atoms with Crippen LogP contribution in [0, 0.1) is 5.82 Å². The minimum absolute atomic E-state index is 0.388. The van der Waals surface area contributed by atoms with Gasteiger partial charge in [-0.1, -0.05) is 6.07 Å². The van der Waals surface area contributed by atoms with Gasteiger partial charge < -0.3 is 10.4 Å². The average Bonchev–Trinajstić information content (AvgIpc) is 2.18. The molecule has 4 nitrogen and oxygen atoms in total. The first-order valence-electron chi connectivity index (χ1n) is 4.73. The molecule has 0 aliphatic rings. The van der Waals surface area contributed by atoms with Gasteiger partial charge in [0.1, 0.15) is 4.90 Å². The van der Waals surface area contributed by atoms with Crippen molar-refractivity contribution in [1.82, 2.24) is 5.32 Å². The lowest BCUT2D eigenvalue weighted by atomic mass is 10.1. The molecule has 6 heteroatoms. The largest absolute Gasteiger partial charge is 0.505 e. The Morgan fingerprint density at radius 2 is 2.06 bits per heavy atom. The Labute approximate surface area is 94.0 Å². The lowest BCUT2D eigenvalue weighted by Crippen LogP contribution is -2.11. The van der Waals surface area contributed by atoms with Crippen LogP contribution in [-0.4, -0.2) is 33.4 Å². The summed E-state index contributed by atoms with van der Waals surface area (Å²) in [6.45, 7) is 0.575. The predicted molar refractivity (Wildman–Crippen MR) is 58.8 cm³/mol. The summed E-state index contributed by atoms with van der Waals surface area (Å²) in [5, 5.41) is 12.4. The maximum atomic E-state index is 13.5. The first-order chi connectivity index (χ1) is 7.38. The van der Waals surface area contributed by atoms with Crippen molar-refractivity contribution in [2.24, 2.45) is 0 Å². The highest BCUT2D eigenvalue weighted by molar-refractivity contribution is 7.90. The predicted octanol–water partition coefficient (Wildman–Crippen LogP) is 0.697. The van der Waals surface area contributed by atoms with Crippen molar-refractivity contribution >= 4 is 9.84 Å². The SMILES string of the molecule is CNCCc1ccc(S(C)(=O)=O)c(F)c1O. The number of halogens is 1.